The fraction of sp³-hybridized carbons (Fsp3) is 0.421. The van der Waals surface area contributed by atoms with E-state index >= 15 is 0 Å². The molecule has 1 aliphatic heterocycles. The molecule has 2 atom stereocenters. The number of benzene rings is 1. The summed E-state index contributed by atoms with van der Waals surface area (Å²) in [5.74, 6) is 1.57. The third-order valence-electron chi connectivity index (χ3n) is 4.27. The maximum Gasteiger partial charge on any atom is 0.319 e. The number of hydrogen-bond donors (Lipinski definition) is 2. The molecule has 2 N–H and O–H groups in total. The molecule has 134 valence electrons. The average Bonchev–Trinajstić information content (AvgIpc) is 3.02. The summed E-state index contributed by atoms with van der Waals surface area (Å²) in [7, 11) is 0. The quantitative estimate of drug-likeness (QED) is 0.888. The second-order valence-electron chi connectivity index (χ2n) is 6.44. The highest BCUT2D eigenvalue weighted by Gasteiger charge is 2.17. The number of carbonyl (C=O) groups excluding carboxylic acids is 1. The minimum atomic E-state index is -0.255. The maximum absolute atomic E-state index is 12.1. The Morgan fingerprint density at radius 3 is 2.64 bits per heavy atom. The van der Waals surface area contributed by atoms with Crippen LogP contribution in [0.4, 0.5) is 16.2 Å². The molecule has 6 heteroatoms. The third-order valence-corrected chi connectivity index (χ3v) is 4.27. The molecule has 0 aliphatic carbocycles. The van der Waals surface area contributed by atoms with Crippen molar-refractivity contribution in [3.8, 4) is 0 Å². The van der Waals surface area contributed by atoms with Crippen LogP contribution in [0.5, 0.6) is 0 Å². The Balaban J connectivity index is 1.54. The molecule has 2 amide bonds. The first-order valence-corrected chi connectivity index (χ1v) is 8.62. The largest absolute Gasteiger partial charge is 0.464 e. The highest BCUT2D eigenvalue weighted by Crippen LogP contribution is 2.21. The van der Waals surface area contributed by atoms with Crippen LogP contribution in [-0.4, -0.2) is 31.8 Å². The molecule has 1 aliphatic rings. The van der Waals surface area contributed by atoms with Crippen LogP contribution in [0, 0.1) is 6.92 Å². The van der Waals surface area contributed by atoms with E-state index in [9.17, 15) is 4.79 Å². The highest BCUT2D eigenvalue weighted by atomic mass is 16.5. The Labute approximate surface area is 148 Å². The fourth-order valence-electron chi connectivity index (χ4n) is 2.93. The van der Waals surface area contributed by atoms with Gasteiger partial charge in [0.1, 0.15) is 11.5 Å². The number of aryl methyl sites for hydroxylation is 1. The third kappa shape index (κ3) is 4.54. The van der Waals surface area contributed by atoms with Crippen molar-refractivity contribution in [2.24, 2.45) is 0 Å². The van der Waals surface area contributed by atoms with Gasteiger partial charge in [-0.3, -0.25) is 0 Å². The number of ether oxygens (including phenoxy) is 1. The van der Waals surface area contributed by atoms with Crippen LogP contribution in [0.2, 0.25) is 0 Å². The zero-order valence-electron chi connectivity index (χ0n) is 14.9. The molecule has 25 heavy (non-hydrogen) atoms. The average molecular weight is 343 g/mol. The molecule has 1 aromatic carbocycles. The van der Waals surface area contributed by atoms with Crippen molar-refractivity contribution in [3.05, 3.63) is 47.9 Å². The Kier molecular flexibility index (Phi) is 5.28. The van der Waals surface area contributed by atoms with Crippen molar-refractivity contribution >= 4 is 17.4 Å². The van der Waals surface area contributed by atoms with Gasteiger partial charge in [-0.2, -0.15) is 0 Å². The number of amides is 2. The smallest absolute Gasteiger partial charge is 0.319 e. The number of nitrogens with zero attached hydrogens (tertiary/aromatic N) is 1. The van der Waals surface area contributed by atoms with Crippen molar-refractivity contribution in [1.82, 2.24) is 5.32 Å². The van der Waals surface area contributed by atoms with E-state index in [1.165, 1.54) is 0 Å². The Morgan fingerprint density at radius 1 is 1.24 bits per heavy atom. The Morgan fingerprint density at radius 2 is 2.00 bits per heavy atom. The van der Waals surface area contributed by atoms with Crippen LogP contribution in [-0.2, 0) is 4.74 Å². The van der Waals surface area contributed by atoms with E-state index in [1.54, 1.807) is 0 Å². The molecule has 0 saturated carbocycles. The second kappa shape index (κ2) is 7.61. The molecular formula is C19H25N3O3. The van der Waals surface area contributed by atoms with Crippen LogP contribution in [0.25, 0.3) is 0 Å². The molecule has 3 rings (SSSR count). The van der Waals surface area contributed by atoms with Crippen LogP contribution in [0.1, 0.15) is 31.4 Å². The Bertz CT molecular complexity index is 711. The lowest BCUT2D eigenvalue weighted by atomic mass is 10.2. The highest BCUT2D eigenvalue weighted by molar-refractivity contribution is 5.89. The fourth-order valence-corrected chi connectivity index (χ4v) is 2.93. The zero-order valence-corrected chi connectivity index (χ0v) is 14.9. The molecule has 6 nitrogen and oxygen atoms in total. The number of hydrogen-bond acceptors (Lipinski definition) is 4. The van der Waals surface area contributed by atoms with Crippen molar-refractivity contribution in [2.45, 2.75) is 32.9 Å². The van der Waals surface area contributed by atoms with Gasteiger partial charge in [0.05, 0.1) is 18.8 Å². The summed E-state index contributed by atoms with van der Waals surface area (Å²) in [4.78, 5) is 14.4. The second-order valence-corrected chi connectivity index (χ2v) is 6.44. The molecule has 0 bridgehead atoms. The van der Waals surface area contributed by atoms with Crippen molar-refractivity contribution < 1.29 is 13.9 Å². The molecule has 1 fully saturated rings. The van der Waals surface area contributed by atoms with Gasteiger partial charge < -0.3 is 24.7 Å². The van der Waals surface area contributed by atoms with Gasteiger partial charge in [-0.1, -0.05) is 0 Å². The number of furan rings is 1. The molecule has 2 unspecified atom stereocenters. The molecule has 2 heterocycles. The molecular weight excluding hydrogens is 318 g/mol. The van der Waals surface area contributed by atoms with Crippen molar-refractivity contribution in [1.29, 1.82) is 0 Å². The van der Waals surface area contributed by atoms with E-state index in [4.69, 9.17) is 9.15 Å². The SMILES string of the molecule is Cc1ccc(C(C)NC(=O)Nc2ccc(N3CCOC(C)C3)cc2)o1. The first-order chi connectivity index (χ1) is 12.0. The van der Waals surface area contributed by atoms with Gasteiger partial charge in [0, 0.05) is 24.5 Å². The molecule has 1 aromatic heterocycles. The predicted molar refractivity (Wildman–Crippen MR) is 98.1 cm³/mol. The van der Waals surface area contributed by atoms with E-state index < -0.39 is 0 Å². The van der Waals surface area contributed by atoms with Gasteiger partial charge in [-0.25, -0.2) is 4.79 Å². The first kappa shape index (κ1) is 17.4. The number of morpholine rings is 1. The van der Waals surface area contributed by atoms with Crippen LogP contribution in [0.3, 0.4) is 0 Å². The summed E-state index contributed by atoms with van der Waals surface area (Å²) in [5.41, 5.74) is 1.89. The Hall–Kier alpha value is -2.47. The van der Waals surface area contributed by atoms with Gasteiger partial charge in [0.2, 0.25) is 0 Å². The van der Waals surface area contributed by atoms with Gasteiger partial charge in [-0.15, -0.1) is 0 Å². The van der Waals surface area contributed by atoms with Gasteiger partial charge in [0.15, 0.2) is 0 Å². The summed E-state index contributed by atoms with van der Waals surface area (Å²) < 4.78 is 11.1. The van der Waals surface area contributed by atoms with Gasteiger partial charge >= 0.3 is 6.03 Å². The summed E-state index contributed by atoms with van der Waals surface area (Å²) >= 11 is 0. The minimum absolute atomic E-state index is 0.192. The van der Waals surface area contributed by atoms with E-state index in [0.717, 1.165) is 42.6 Å². The van der Waals surface area contributed by atoms with E-state index in [0.29, 0.717) is 0 Å². The molecule has 0 radical (unpaired) electrons. The molecule has 2 aromatic rings. The number of urea groups is 1. The van der Waals surface area contributed by atoms with Crippen LogP contribution < -0.4 is 15.5 Å². The van der Waals surface area contributed by atoms with E-state index in [2.05, 4.69) is 22.5 Å². The lowest BCUT2D eigenvalue weighted by Crippen LogP contribution is -2.41. The van der Waals surface area contributed by atoms with E-state index in [-0.39, 0.29) is 18.2 Å². The normalized spacial score (nSPS) is 18.7. The van der Waals surface area contributed by atoms with Crippen molar-refractivity contribution in [3.63, 3.8) is 0 Å². The summed E-state index contributed by atoms with van der Waals surface area (Å²) in [5, 5.41) is 5.72. The number of rotatable bonds is 4. The number of anilines is 2. The summed E-state index contributed by atoms with van der Waals surface area (Å²) in [6.07, 6.45) is 0.240. The number of nitrogens with one attached hydrogen (secondary N) is 2. The molecule has 1 saturated heterocycles. The number of carbonyl (C=O) groups is 1. The molecule has 0 spiro atoms. The first-order valence-electron chi connectivity index (χ1n) is 8.62. The topological polar surface area (TPSA) is 66.7 Å². The minimum Gasteiger partial charge on any atom is -0.464 e. The summed E-state index contributed by atoms with van der Waals surface area (Å²) in [6, 6.07) is 11.2. The van der Waals surface area contributed by atoms with Crippen LogP contribution >= 0.6 is 0 Å². The predicted octanol–water partition coefficient (Wildman–Crippen LogP) is 3.70. The zero-order chi connectivity index (χ0) is 17.8. The standard InChI is InChI=1S/C19H25N3O3/c1-13-4-9-18(25-13)15(3)20-19(23)21-16-5-7-17(8-6-16)22-10-11-24-14(2)12-22/h4-9,14-15H,10-12H2,1-3H3,(H2,20,21,23). The van der Waals surface area contributed by atoms with Gasteiger partial charge in [-0.05, 0) is 57.2 Å². The maximum atomic E-state index is 12.1. The monoisotopic (exact) mass is 343 g/mol. The van der Waals surface area contributed by atoms with Crippen molar-refractivity contribution in [2.75, 3.05) is 29.9 Å². The van der Waals surface area contributed by atoms with Crippen LogP contribution in [0.15, 0.2) is 40.8 Å². The lowest BCUT2D eigenvalue weighted by Gasteiger charge is -2.33. The van der Waals surface area contributed by atoms with E-state index in [1.807, 2.05) is 50.2 Å². The summed E-state index contributed by atoms with van der Waals surface area (Å²) in [6.45, 7) is 8.36. The van der Waals surface area contributed by atoms with Gasteiger partial charge in [0.25, 0.3) is 0 Å². The lowest BCUT2D eigenvalue weighted by molar-refractivity contribution is 0.0532.